The first kappa shape index (κ1) is 26.5. The zero-order chi connectivity index (χ0) is 28.6. The van der Waals surface area contributed by atoms with Crippen LogP contribution in [0.3, 0.4) is 0 Å². The molecular formula is C38H31F2N. The zero-order valence-corrected chi connectivity index (χ0v) is 23.4. The van der Waals surface area contributed by atoms with Crippen LogP contribution in [0, 0.1) is 11.6 Å². The first-order chi connectivity index (χ1) is 19.8. The number of hydrogen-bond donors (Lipinski definition) is 0. The number of nitrogens with zero attached hydrogens (tertiary/aromatic N) is 1. The van der Waals surface area contributed by atoms with Gasteiger partial charge in [0.15, 0.2) is 5.82 Å². The summed E-state index contributed by atoms with van der Waals surface area (Å²) in [4.78, 5) is 1.75. The molecule has 0 saturated carbocycles. The Bertz CT molecular complexity index is 1850. The van der Waals surface area contributed by atoms with Crippen LogP contribution in [0.25, 0.3) is 44.2 Å². The predicted molar refractivity (Wildman–Crippen MR) is 169 cm³/mol. The second-order valence-electron chi connectivity index (χ2n) is 11.3. The van der Waals surface area contributed by atoms with E-state index in [9.17, 15) is 0 Å². The molecule has 6 aromatic carbocycles. The van der Waals surface area contributed by atoms with E-state index in [0.717, 1.165) is 38.6 Å². The lowest BCUT2D eigenvalue weighted by Gasteiger charge is -2.38. The van der Waals surface area contributed by atoms with Gasteiger partial charge in [0, 0.05) is 11.1 Å². The van der Waals surface area contributed by atoms with Crippen LogP contribution in [0.4, 0.5) is 20.2 Å². The lowest BCUT2D eigenvalue weighted by atomic mass is 9.90. The predicted octanol–water partition coefficient (Wildman–Crippen LogP) is 11.1. The minimum absolute atomic E-state index is 0.327. The fourth-order valence-electron chi connectivity index (χ4n) is 5.68. The van der Waals surface area contributed by atoms with Gasteiger partial charge in [-0.2, -0.15) is 0 Å². The van der Waals surface area contributed by atoms with Gasteiger partial charge in [0.25, 0.3) is 0 Å². The smallest absolute Gasteiger partial charge is 0.155 e. The van der Waals surface area contributed by atoms with Crippen LogP contribution in [0.15, 0.2) is 133 Å². The van der Waals surface area contributed by atoms with Crippen molar-refractivity contribution in [3.05, 3.63) is 145 Å². The van der Waals surface area contributed by atoms with Gasteiger partial charge < -0.3 is 4.90 Å². The Morgan fingerprint density at radius 3 is 1.93 bits per heavy atom. The number of para-hydroxylation sites is 1. The average Bonchev–Trinajstić information content (AvgIpc) is 2.98. The van der Waals surface area contributed by atoms with Crippen LogP contribution in [-0.2, 0) is 0 Å². The molecule has 0 aliphatic rings. The van der Waals surface area contributed by atoms with Crippen LogP contribution in [-0.4, -0.2) is 5.54 Å². The highest BCUT2D eigenvalue weighted by Crippen LogP contribution is 2.44. The third-order valence-corrected chi connectivity index (χ3v) is 7.46. The van der Waals surface area contributed by atoms with Gasteiger partial charge in [0.2, 0.25) is 0 Å². The van der Waals surface area contributed by atoms with Crippen LogP contribution in [0.1, 0.15) is 20.8 Å². The van der Waals surface area contributed by atoms with Gasteiger partial charge in [-0.05, 0) is 83.6 Å². The Hall–Kier alpha value is -4.76. The van der Waals surface area contributed by atoms with Crippen LogP contribution in [0.5, 0.6) is 0 Å². The first-order valence-electron chi connectivity index (χ1n) is 13.8. The molecule has 0 saturated heterocycles. The standard InChI is InChI=1S/C38H31F2N/c1-38(2,3)41(34-22-10-9-21-33(34)39)35-24-23-32(27-13-5-4-6-14-27)36(37(35)40)29-18-11-17-28(25-29)31-20-12-16-26-15-7-8-19-30(26)31/h4-25H,1-3H3. The number of anilines is 2. The van der Waals surface area contributed by atoms with E-state index in [1.165, 1.54) is 6.07 Å². The van der Waals surface area contributed by atoms with E-state index in [1.807, 2.05) is 81.4 Å². The fourth-order valence-corrected chi connectivity index (χ4v) is 5.68. The number of hydrogen-bond acceptors (Lipinski definition) is 1. The topological polar surface area (TPSA) is 3.24 Å². The molecule has 0 radical (unpaired) electrons. The van der Waals surface area contributed by atoms with E-state index in [1.54, 1.807) is 29.2 Å². The fraction of sp³-hybridized carbons (Fsp3) is 0.105. The Labute approximate surface area is 240 Å². The third-order valence-electron chi connectivity index (χ3n) is 7.46. The van der Waals surface area contributed by atoms with Gasteiger partial charge in [-0.25, -0.2) is 8.78 Å². The minimum atomic E-state index is -0.598. The van der Waals surface area contributed by atoms with Crippen molar-refractivity contribution in [2.24, 2.45) is 0 Å². The molecule has 0 spiro atoms. The molecule has 6 rings (SSSR count). The lowest BCUT2D eigenvalue weighted by Crippen LogP contribution is -2.38. The summed E-state index contributed by atoms with van der Waals surface area (Å²) < 4.78 is 32.3. The van der Waals surface area contributed by atoms with Crippen LogP contribution in [0.2, 0.25) is 0 Å². The summed E-state index contributed by atoms with van der Waals surface area (Å²) in [6, 6.07) is 42.7. The Morgan fingerprint density at radius 2 is 1.15 bits per heavy atom. The summed E-state index contributed by atoms with van der Waals surface area (Å²) in [6.45, 7) is 5.89. The van der Waals surface area contributed by atoms with E-state index in [2.05, 4.69) is 42.5 Å². The van der Waals surface area contributed by atoms with E-state index in [4.69, 9.17) is 0 Å². The molecule has 0 aliphatic carbocycles. The van der Waals surface area contributed by atoms with Crippen molar-refractivity contribution in [1.29, 1.82) is 0 Å². The summed E-state index contributed by atoms with van der Waals surface area (Å²) in [6.07, 6.45) is 0. The lowest BCUT2D eigenvalue weighted by molar-refractivity contribution is 0.527. The monoisotopic (exact) mass is 539 g/mol. The molecule has 0 heterocycles. The van der Waals surface area contributed by atoms with Crippen molar-refractivity contribution >= 4 is 22.1 Å². The van der Waals surface area contributed by atoms with Crippen molar-refractivity contribution in [3.63, 3.8) is 0 Å². The second-order valence-corrected chi connectivity index (χ2v) is 11.3. The second kappa shape index (κ2) is 10.7. The summed E-state index contributed by atoms with van der Waals surface area (Å²) in [5.74, 6) is -0.784. The van der Waals surface area contributed by atoms with Crippen molar-refractivity contribution in [1.82, 2.24) is 0 Å². The maximum Gasteiger partial charge on any atom is 0.155 e. The normalized spacial score (nSPS) is 11.5. The molecule has 1 nitrogen and oxygen atoms in total. The van der Waals surface area contributed by atoms with Gasteiger partial charge in [-0.3, -0.25) is 0 Å². The SMILES string of the molecule is CC(C)(C)N(c1ccccc1F)c1ccc(-c2ccccc2)c(-c2cccc(-c3cccc4ccccc34)c2)c1F. The van der Waals surface area contributed by atoms with E-state index >= 15 is 8.78 Å². The molecule has 0 bridgehead atoms. The zero-order valence-electron chi connectivity index (χ0n) is 23.4. The average molecular weight is 540 g/mol. The van der Waals surface area contributed by atoms with Crippen molar-refractivity contribution in [2.45, 2.75) is 26.3 Å². The molecule has 0 amide bonds. The Kier molecular flexibility index (Phi) is 6.88. The highest BCUT2D eigenvalue weighted by molar-refractivity contribution is 5.98. The molecule has 0 fully saturated rings. The molecular weight excluding hydrogens is 508 g/mol. The minimum Gasteiger partial charge on any atom is -0.331 e. The van der Waals surface area contributed by atoms with Gasteiger partial charge >= 0.3 is 0 Å². The van der Waals surface area contributed by atoms with Gasteiger partial charge in [-0.1, -0.05) is 109 Å². The molecule has 41 heavy (non-hydrogen) atoms. The maximum atomic E-state index is 17.1. The maximum absolute atomic E-state index is 17.1. The third kappa shape index (κ3) is 5.00. The molecule has 0 unspecified atom stereocenters. The summed E-state index contributed by atoms with van der Waals surface area (Å²) in [5, 5.41) is 2.29. The van der Waals surface area contributed by atoms with E-state index in [0.29, 0.717) is 16.9 Å². The van der Waals surface area contributed by atoms with Gasteiger partial charge in [0.05, 0.1) is 11.4 Å². The molecule has 6 aromatic rings. The Morgan fingerprint density at radius 1 is 0.512 bits per heavy atom. The van der Waals surface area contributed by atoms with Crippen LogP contribution < -0.4 is 4.90 Å². The van der Waals surface area contributed by atoms with E-state index < -0.39 is 11.4 Å². The number of rotatable bonds is 5. The largest absolute Gasteiger partial charge is 0.331 e. The molecule has 0 N–H and O–H groups in total. The van der Waals surface area contributed by atoms with Crippen molar-refractivity contribution in [3.8, 4) is 33.4 Å². The van der Waals surface area contributed by atoms with Crippen molar-refractivity contribution < 1.29 is 8.78 Å². The van der Waals surface area contributed by atoms with E-state index in [-0.39, 0.29) is 5.82 Å². The van der Waals surface area contributed by atoms with Gasteiger partial charge in [0.1, 0.15) is 5.82 Å². The number of halogens is 2. The molecule has 3 heteroatoms. The molecule has 202 valence electrons. The molecule has 0 aliphatic heterocycles. The van der Waals surface area contributed by atoms with Crippen molar-refractivity contribution in [2.75, 3.05) is 4.90 Å². The van der Waals surface area contributed by atoms with Crippen LogP contribution >= 0.6 is 0 Å². The summed E-state index contributed by atoms with van der Waals surface area (Å²) in [7, 11) is 0. The first-order valence-corrected chi connectivity index (χ1v) is 13.8. The summed E-state index contributed by atoms with van der Waals surface area (Å²) >= 11 is 0. The highest BCUT2D eigenvalue weighted by Gasteiger charge is 2.30. The molecule has 0 atom stereocenters. The summed E-state index contributed by atoms with van der Waals surface area (Å²) in [5.41, 5.74) is 5.10. The Balaban J connectivity index is 1.61. The molecule has 0 aromatic heterocycles. The quantitative estimate of drug-likeness (QED) is 0.211. The number of benzene rings is 6. The van der Waals surface area contributed by atoms with Gasteiger partial charge in [-0.15, -0.1) is 0 Å². The highest BCUT2D eigenvalue weighted by atomic mass is 19.1. The number of fused-ring (bicyclic) bond motifs is 1.